The summed E-state index contributed by atoms with van der Waals surface area (Å²) in [4.78, 5) is 26.5. The van der Waals surface area contributed by atoms with Crippen molar-refractivity contribution in [2.24, 2.45) is 11.8 Å². The van der Waals surface area contributed by atoms with Crippen LogP contribution in [0.25, 0.3) is 10.8 Å². The molecule has 5 rings (SSSR count). The number of benzene rings is 1. The molecule has 1 aliphatic heterocycles. The summed E-state index contributed by atoms with van der Waals surface area (Å²) in [5.74, 6) is 2.01. The number of hydrogen-bond donors (Lipinski definition) is 3. The van der Waals surface area contributed by atoms with E-state index in [1.54, 1.807) is 5.48 Å². The third-order valence-electron chi connectivity index (χ3n) is 5.46. The molecule has 2 aliphatic rings. The second-order valence-corrected chi connectivity index (χ2v) is 7.00. The van der Waals surface area contributed by atoms with Gasteiger partial charge in [0.1, 0.15) is 5.82 Å². The van der Waals surface area contributed by atoms with E-state index in [2.05, 4.69) is 37.3 Å². The summed E-state index contributed by atoms with van der Waals surface area (Å²) in [6, 6.07) is 10.7. The minimum atomic E-state index is -0.613. The molecule has 1 amide bonds. The Balaban J connectivity index is 1.25. The minimum Gasteiger partial charge on any atom is -0.366 e. The van der Waals surface area contributed by atoms with Gasteiger partial charge in [0, 0.05) is 54.9 Å². The standard InChI is InChI=1S/C19H18N6O2/c26-18(24-27)12-7-21-19(22-8-12)25-9-14-15(10-25)16(14)23-17-13-4-2-1-3-11(13)5-6-20-17/h1-8,14-16,27H,9-10H2,(H,20,23)(H,24,26). The smallest absolute Gasteiger partial charge is 0.277 e. The quantitative estimate of drug-likeness (QED) is 0.479. The van der Waals surface area contributed by atoms with Crippen LogP contribution in [0.3, 0.4) is 0 Å². The average molecular weight is 362 g/mol. The summed E-state index contributed by atoms with van der Waals surface area (Å²) >= 11 is 0. The van der Waals surface area contributed by atoms with Gasteiger partial charge in [0.2, 0.25) is 5.95 Å². The first-order valence-electron chi connectivity index (χ1n) is 8.86. The van der Waals surface area contributed by atoms with Gasteiger partial charge in [-0.05, 0) is 11.5 Å². The molecule has 1 saturated heterocycles. The van der Waals surface area contributed by atoms with E-state index in [1.165, 1.54) is 17.8 Å². The Kier molecular flexibility index (Phi) is 3.64. The number of nitrogens with zero attached hydrogens (tertiary/aromatic N) is 4. The molecule has 2 atom stereocenters. The molecule has 3 aromatic rings. The average Bonchev–Trinajstić information content (AvgIpc) is 3.15. The van der Waals surface area contributed by atoms with Gasteiger partial charge in [0.25, 0.3) is 5.91 Å². The number of carbonyl (C=O) groups is 1. The van der Waals surface area contributed by atoms with Gasteiger partial charge in [-0.2, -0.15) is 0 Å². The lowest BCUT2D eigenvalue weighted by atomic mass is 10.1. The van der Waals surface area contributed by atoms with Gasteiger partial charge in [0.05, 0.1) is 5.56 Å². The van der Waals surface area contributed by atoms with E-state index in [0.29, 0.717) is 23.8 Å². The highest BCUT2D eigenvalue weighted by Crippen LogP contribution is 2.48. The maximum atomic E-state index is 11.3. The van der Waals surface area contributed by atoms with Gasteiger partial charge in [0.15, 0.2) is 0 Å². The van der Waals surface area contributed by atoms with Crippen molar-refractivity contribution in [3.05, 3.63) is 54.5 Å². The van der Waals surface area contributed by atoms with Crippen LogP contribution in [0.2, 0.25) is 0 Å². The largest absolute Gasteiger partial charge is 0.366 e. The van der Waals surface area contributed by atoms with Gasteiger partial charge in [-0.25, -0.2) is 20.4 Å². The van der Waals surface area contributed by atoms with Gasteiger partial charge in [-0.1, -0.05) is 24.3 Å². The third kappa shape index (κ3) is 2.74. The molecular weight excluding hydrogens is 344 g/mol. The number of amides is 1. The van der Waals surface area contributed by atoms with Crippen LogP contribution in [0, 0.1) is 11.8 Å². The summed E-state index contributed by atoms with van der Waals surface area (Å²) in [7, 11) is 0. The molecule has 2 fully saturated rings. The number of hydroxylamine groups is 1. The molecule has 3 heterocycles. The van der Waals surface area contributed by atoms with Gasteiger partial charge in [-0.3, -0.25) is 10.0 Å². The first kappa shape index (κ1) is 16.0. The van der Waals surface area contributed by atoms with Crippen molar-refractivity contribution in [2.45, 2.75) is 6.04 Å². The fraction of sp³-hybridized carbons (Fsp3) is 0.263. The highest BCUT2D eigenvalue weighted by atomic mass is 16.5. The fourth-order valence-electron chi connectivity index (χ4n) is 3.96. The molecule has 1 aromatic carbocycles. The topological polar surface area (TPSA) is 103 Å². The summed E-state index contributed by atoms with van der Waals surface area (Å²) < 4.78 is 0. The van der Waals surface area contributed by atoms with E-state index in [-0.39, 0.29) is 5.56 Å². The van der Waals surface area contributed by atoms with E-state index in [0.717, 1.165) is 24.3 Å². The fourth-order valence-corrected chi connectivity index (χ4v) is 3.96. The number of nitrogens with one attached hydrogen (secondary N) is 2. The molecule has 8 nitrogen and oxygen atoms in total. The third-order valence-corrected chi connectivity index (χ3v) is 5.46. The minimum absolute atomic E-state index is 0.229. The lowest BCUT2D eigenvalue weighted by Gasteiger charge is -2.20. The van der Waals surface area contributed by atoms with Crippen LogP contribution in [-0.4, -0.2) is 45.2 Å². The van der Waals surface area contributed by atoms with E-state index in [1.807, 2.05) is 24.4 Å². The number of hydrogen-bond acceptors (Lipinski definition) is 7. The molecule has 2 aromatic heterocycles. The number of aromatic nitrogens is 3. The Labute approximate surface area is 155 Å². The lowest BCUT2D eigenvalue weighted by Crippen LogP contribution is -2.29. The zero-order valence-corrected chi connectivity index (χ0v) is 14.4. The number of pyridine rings is 1. The molecule has 1 aliphatic carbocycles. The Morgan fingerprint density at radius 1 is 1.07 bits per heavy atom. The lowest BCUT2D eigenvalue weighted by molar-refractivity contribution is 0.0705. The molecule has 8 heteroatoms. The van der Waals surface area contributed by atoms with E-state index >= 15 is 0 Å². The Morgan fingerprint density at radius 2 is 1.81 bits per heavy atom. The number of carbonyl (C=O) groups excluding carboxylic acids is 1. The van der Waals surface area contributed by atoms with Crippen LogP contribution in [-0.2, 0) is 0 Å². The summed E-state index contributed by atoms with van der Waals surface area (Å²) in [5, 5.41) is 14.6. The monoisotopic (exact) mass is 362 g/mol. The first-order valence-corrected chi connectivity index (χ1v) is 8.86. The maximum Gasteiger partial charge on any atom is 0.277 e. The van der Waals surface area contributed by atoms with Crippen LogP contribution in [0.15, 0.2) is 48.9 Å². The van der Waals surface area contributed by atoms with Crippen LogP contribution < -0.4 is 15.7 Å². The van der Waals surface area contributed by atoms with Crippen molar-refractivity contribution >= 4 is 28.4 Å². The normalized spacial score (nSPS) is 23.1. The predicted molar refractivity (Wildman–Crippen MR) is 99.6 cm³/mol. The molecule has 3 N–H and O–H groups in total. The van der Waals surface area contributed by atoms with Crippen molar-refractivity contribution in [2.75, 3.05) is 23.3 Å². The molecule has 2 unspecified atom stereocenters. The maximum absolute atomic E-state index is 11.3. The zero-order chi connectivity index (χ0) is 18.4. The summed E-state index contributed by atoms with van der Waals surface area (Å²) in [5.41, 5.74) is 1.81. The van der Waals surface area contributed by atoms with E-state index in [4.69, 9.17) is 5.21 Å². The van der Waals surface area contributed by atoms with Gasteiger partial charge >= 0.3 is 0 Å². The molecule has 27 heavy (non-hydrogen) atoms. The summed E-state index contributed by atoms with van der Waals surface area (Å²) in [6.07, 6.45) is 4.69. The zero-order valence-electron chi connectivity index (χ0n) is 14.4. The van der Waals surface area contributed by atoms with Crippen LogP contribution in [0.5, 0.6) is 0 Å². The molecule has 136 valence electrons. The van der Waals surface area contributed by atoms with Gasteiger partial charge < -0.3 is 10.2 Å². The van der Waals surface area contributed by atoms with Gasteiger partial charge in [-0.15, -0.1) is 0 Å². The van der Waals surface area contributed by atoms with Crippen molar-refractivity contribution in [1.82, 2.24) is 20.4 Å². The summed E-state index contributed by atoms with van der Waals surface area (Å²) in [6.45, 7) is 1.75. The number of anilines is 2. The van der Waals surface area contributed by atoms with Crippen LogP contribution >= 0.6 is 0 Å². The Morgan fingerprint density at radius 3 is 2.56 bits per heavy atom. The second kappa shape index (κ2) is 6.17. The van der Waals surface area contributed by atoms with Crippen molar-refractivity contribution < 1.29 is 10.0 Å². The first-order chi connectivity index (χ1) is 13.2. The van der Waals surface area contributed by atoms with Crippen molar-refractivity contribution in [3.63, 3.8) is 0 Å². The van der Waals surface area contributed by atoms with E-state index in [9.17, 15) is 4.79 Å². The molecular formula is C19H18N6O2. The number of fused-ring (bicyclic) bond motifs is 2. The second-order valence-electron chi connectivity index (χ2n) is 7.00. The predicted octanol–water partition coefficient (Wildman–Crippen LogP) is 1.69. The highest BCUT2D eigenvalue weighted by Gasteiger charge is 2.56. The Hall–Kier alpha value is -3.26. The van der Waals surface area contributed by atoms with Crippen LogP contribution in [0.4, 0.5) is 11.8 Å². The highest BCUT2D eigenvalue weighted by molar-refractivity contribution is 5.93. The molecule has 0 bridgehead atoms. The number of piperidine rings is 1. The van der Waals surface area contributed by atoms with Crippen molar-refractivity contribution in [3.8, 4) is 0 Å². The SMILES string of the molecule is O=C(NO)c1cnc(N2CC3C(C2)C3Nc2nccc3ccccc23)nc1. The molecule has 0 spiro atoms. The Bertz CT molecular complexity index is 991. The van der Waals surface area contributed by atoms with Crippen molar-refractivity contribution in [1.29, 1.82) is 0 Å². The van der Waals surface area contributed by atoms with E-state index < -0.39 is 5.91 Å². The van der Waals surface area contributed by atoms with Crippen LogP contribution in [0.1, 0.15) is 10.4 Å². The molecule has 0 radical (unpaired) electrons. The molecule has 1 saturated carbocycles. The number of rotatable bonds is 4.